The minimum Gasteiger partial charge on any atom is -0.0579 e. The zero-order valence-corrected chi connectivity index (χ0v) is 33.2. The van der Waals surface area contributed by atoms with Crippen LogP contribution in [0.1, 0.15) is 77.9 Å². The quantitative estimate of drug-likeness (QED) is 0.161. The van der Waals surface area contributed by atoms with Crippen molar-refractivity contribution in [2.24, 2.45) is 6.98 Å². The maximum absolute atomic E-state index is 8.69. The molecule has 0 saturated heterocycles. The van der Waals surface area contributed by atoms with Gasteiger partial charge < -0.3 is 0 Å². The van der Waals surface area contributed by atoms with Gasteiger partial charge in [0.1, 0.15) is 0 Å². The molecule has 5 nitrogen and oxygen atoms in total. The first-order valence-electron chi connectivity index (χ1n) is 21.3. The van der Waals surface area contributed by atoms with Crippen LogP contribution in [0.15, 0.2) is 103 Å². The summed E-state index contributed by atoms with van der Waals surface area (Å²) in [5.41, 5.74) is 8.83. The molecule has 3 aromatic heterocycles. The van der Waals surface area contributed by atoms with Crippen molar-refractivity contribution in [3.63, 3.8) is 0 Å². The van der Waals surface area contributed by atoms with Crippen LogP contribution in [0.2, 0.25) is 0 Å². The summed E-state index contributed by atoms with van der Waals surface area (Å²) in [6, 6.07) is 38.1. The predicted molar refractivity (Wildman–Crippen MR) is 217 cm³/mol. The van der Waals surface area contributed by atoms with E-state index in [1.807, 2.05) is 83.1 Å². The molecule has 54 heavy (non-hydrogen) atoms. The summed E-state index contributed by atoms with van der Waals surface area (Å²) >= 11 is 2.05. The molecule has 9 rings (SSSR count). The van der Waals surface area contributed by atoms with Gasteiger partial charge in [-0.05, 0) is 64.8 Å². The van der Waals surface area contributed by atoms with Crippen molar-refractivity contribution in [2.45, 2.75) is 71.6 Å². The van der Waals surface area contributed by atoms with E-state index in [1.165, 1.54) is 15.7 Å². The van der Waals surface area contributed by atoms with E-state index >= 15 is 0 Å². The van der Waals surface area contributed by atoms with E-state index in [1.54, 1.807) is 24.4 Å². The van der Waals surface area contributed by atoms with Crippen molar-refractivity contribution in [1.82, 2.24) is 18.7 Å². The van der Waals surface area contributed by atoms with Gasteiger partial charge in [0.2, 0.25) is 0 Å². The van der Waals surface area contributed by atoms with Crippen LogP contribution in [0, 0.1) is 22.8 Å². The Hall–Kier alpha value is -4.99. The number of aryl methyl sites for hydroxylation is 3. The van der Waals surface area contributed by atoms with Gasteiger partial charge in [-0.3, -0.25) is 0 Å². The van der Waals surface area contributed by atoms with Gasteiger partial charge >= 0.3 is 198 Å². The number of ether oxygens (including phenoxy) is 1. The average Bonchev–Trinajstić information content (AvgIpc) is 3.67. The molecule has 0 spiro atoms. The number of rotatable bonds is 5. The molecule has 1 aliphatic rings. The Morgan fingerprint density at radius 3 is 2.41 bits per heavy atom. The Balaban J connectivity index is 1.20. The van der Waals surface area contributed by atoms with Crippen LogP contribution in [-0.4, -0.2) is 18.7 Å². The normalized spacial score (nSPS) is 16.4. The Bertz CT molecular complexity index is 3050. The van der Waals surface area contributed by atoms with E-state index in [2.05, 4.69) is 71.0 Å². The van der Waals surface area contributed by atoms with Gasteiger partial charge in [0.25, 0.3) is 0 Å². The number of hydrogen-bond donors (Lipinski definition) is 0. The fourth-order valence-electron chi connectivity index (χ4n) is 8.04. The van der Waals surface area contributed by atoms with E-state index < -0.39 is 13.8 Å². The summed E-state index contributed by atoms with van der Waals surface area (Å²) in [7, 11) is 0. The number of aromatic nitrogens is 4. The summed E-state index contributed by atoms with van der Waals surface area (Å²) in [5, 5.41) is 1.98. The van der Waals surface area contributed by atoms with Crippen LogP contribution in [0.5, 0.6) is 11.5 Å². The van der Waals surface area contributed by atoms with Gasteiger partial charge in [0, 0.05) is 15.9 Å². The van der Waals surface area contributed by atoms with E-state index in [4.69, 9.17) is 17.9 Å². The summed E-state index contributed by atoms with van der Waals surface area (Å²) in [5.74, 6) is 1.33. The van der Waals surface area contributed by atoms with Crippen molar-refractivity contribution < 1.29 is 32.3 Å². The summed E-state index contributed by atoms with van der Waals surface area (Å²) in [6.07, 6.45) is 4.86. The van der Waals surface area contributed by atoms with E-state index in [-0.39, 0.29) is 16.4 Å². The molecule has 0 aliphatic heterocycles. The van der Waals surface area contributed by atoms with Crippen LogP contribution < -0.4 is 4.74 Å². The molecule has 0 atom stereocenters. The summed E-state index contributed by atoms with van der Waals surface area (Å²) < 4.78 is 63.0. The molecule has 0 unspecified atom stereocenters. The molecule has 6 heteroatoms. The molecule has 0 amide bonds. The van der Waals surface area contributed by atoms with Crippen molar-refractivity contribution >= 4 is 32.8 Å². The molecular weight excluding hydrogens is 844 g/mol. The minimum absolute atomic E-state index is 0.0338. The molecule has 0 N–H and O–H groups in total. The van der Waals surface area contributed by atoms with Gasteiger partial charge in [-0.15, -0.1) is 0 Å². The number of imidazole rings is 1. The number of benzene rings is 5. The molecule has 0 radical (unpaired) electrons. The second-order valence-corrected chi connectivity index (χ2v) is 17.0. The van der Waals surface area contributed by atoms with Crippen LogP contribution in [0.25, 0.3) is 55.5 Å². The zero-order chi connectivity index (χ0) is 42.5. The predicted octanol–water partition coefficient (Wildman–Crippen LogP) is 11.8. The van der Waals surface area contributed by atoms with Crippen LogP contribution in [0.4, 0.5) is 0 Å². The summed E-state index contributed by atoms with van der Waals surface area (Å²) in [6.45, 7) is 6.25. The second-order valence-electron chi connectivity index (χ2n) is 16.0. The molecule has 0 bridgehead atoms. The number of pyridine rings is 1. The number of nitrogens with zero attached hydrogens (tertiary/aromatic N) is 4. The summed E-state index contributed by atoms with van der Waals surface area (Å²) in [4.78, 5) is 5.00. The van der Waals surface area contributed by atoms with Gasteiger partial charge in [0.05, 0.1) is 0 Å². The first-order chi connectivity index (χ1) is 28.3. The van der Waals surface area contributed by atoms with Crippen LogP contribution >= 0.6 is 0 Å². The van der Waals surface area contributed by atoms with Crippen molar-refractivity contribution in [3.8, 4) is 34.1 Å². The maximum atomic E-state index is 8.69. The Morgan fingerprint density at radius 1 is 0.833 bits per heavy atom. The van der Waals surface area contributed by atoms with Gasteiger partial charge in [-0.1, -0.05) is 58.9 Å². The second kappa shape index (κ2) is 12.8. The molecule has 0 fully saturated rings. The van der Waals surface area contributed by atoms with Crippen LogP contribution in [0.3, 0.4) is 0 Å². The third-order valence-corrected chi connectivity index (χ3v) is 12.0. The number of hydrogen-bond acceptors (Lipinski definition) is 2. The smallest absolute Gasteiger partial charge is 0.0579 e. The number of para-hydroxylation sites is 2. The third kappa shape index (κ3) is 5.80. The SMILES string of the molecule is [2H]C([2H])([2H])c1cc(-n2c3[c-]c(Oc4[c-]c(-n5[c](=[Pt])n(C([2H])([2H])[2H])c6ccccc65)ccc4)ccc3c3cc4c(cc32)C(C)(C)CCC4)ncc1-c1ccc(C(C)(C)C)cc1. The third-order valence-electron chi connectivity index (χ3n) is 11.0. The standard InChI is InChI=1S/C48H44N4O.Pt/c1-31-24-46(49-29-40(31)32-17-19-34(20-18-32)47(2,3)4)52-44-27-37(21-22-38(44)39-25-33-12-11-23-48(5,6)41(33)28-45(39)52)53-36-14-10-13-35(26-36)51-30-50(7)42-15-8-9-16-43(42)51;/h8-10,13-22,24-25,28-29H,11-12,23H2,1-7H3;/q-2;/i1D3,7D3;. The first kappa shape index (κ1) is 28.5. The van der Waals surface area contributed by atoms with E-state index in [0.717, 1.165) is 52.2 Å². The van der Waals surface area contributed by atoms with E-state index in [9.17, 15) is 0 Å². The Kier molecular flexibility index (Phi) is 6.75. The molecule has 1 aliphatic carbocycles. The van der Waals surface area contributed by atoms with Crippen molar-refractivity contribution in [1.29, 1.82) is 0 Å². The Labute approximate surface area is 336 Å². The van der Waals surface area contributed by atoms with Crippen LogP contribution in [-0.2, 0) is 43.6 Å². The van der Waals surface area contributed by atoms with Gasteiger partial charge in [-0.25, -0.2) is 0 Å². The first-order valence-corrected chi connectivity index (χ1v) is 19.5. The zero-order valence-electron chi connectivity index (χ0n) is 36.9. The number of fused-ring (bicyclic) bond motifs is 5. The molecule has 0 saturated carbocycles. The minimum atomic E-state index is -2.42. The van der Waals surface area contributed by atoms with Gasteiger partial charge in [0.15, 0.2) is 0 Å². The fourth-order valence-corrected chi connectivity index (χ4v) is 8.86. The molecule has 8 aromatic rings. The van der Waals surface area contributed by atoms with E-state index in [0.29, 0.717) is 43.4 Å². The topological polar surface area (TPSA) is 36.9 Å². The molecule has 3 heterocycles. The fraction of sp³-hybridized carbons (Fsp3) is 0.250. The monoisotopic (exact) mass is 893 g/mol. The molecular formula is C48H44N4OPt-2. The molecule has 5 aromatic carbocycles. The average molecular weight is 894 g/mol. The Morgan fingerprint density at radius 2 is 1.63 bits per heavy atom. The van der Waals surface area contributed by atoms with Crippen molar-refractivity contribution in [2.75, 3.05) is 0 Å². The van der Waals surface area contributed by atoms with Gasteiger partial charge in [-0.2, -0.15) is 0 Å². The van der Waals surface area contributed by atoms with Crippen molar-refractivity contribution in [3.05, 3.63) is 141 Å². The molecule has 274 valence electrons.